The molecule has 0 atom stereocenters. The molecule has 146 valence electrons. The van der Waals surface area contributed by atoms with E-state index >= 15 is 0 Å². The fourth-order valence-electron chi connectivity index (χ4n) is 2.59. The molecule has 2 aromatic rings. The number of para-hydroxylation sites is 1. The molecule has 2 rings (SSSR count). The molecule has 0 saturated heterocycles. The lowest BCUT2D eigenvalue weighted by molar-refractivity contribution is -0.116. The molecule has 0 aromatic heterocycles. The maximum atomic E-state index is 12.8. The molecule has 0 aliphatic carbocycles. The largest absolute Gasteiger partial charge is 0.322 e. The van der Waals surface area contributed by atoms with E-state index in [2.05, 4.69) is 12.2 Å². The summed E-state index contributed by atoms with van der Waals surface area (Å²) >= 11 is 12.1. The standard InChI is InChI=1S/C19H22Cl2N2O3S/c1-3-6-14-9-11-15(12-10-14)27(25,26)23(4-2)13-18(24)22-19-16(20)7-5-8-17(19)21/h5,7-12H,3-4,6,13H2,1-2H3,(H,22,24). The molecule has 0 heterocycles. The summed E-state index contributed by atoms with van der Waals surface area (Å²) in [7, 11) is -3.78. The monoisotopic (exact) mass is 428 g/mol. The SMILES string of the molecule is CCCc1ccc(S(=O)(=O)N(CC)CC(=O)Nc2c(Cl)cccc2Cl)cc1. The molecule has 0 unspecified atom stereocenters. The number of hydrogen-bond donors (Lipinski definition) is 1. The zero-order valence-corrected chi connectivity index (χ0v) is 17.5. The van der Waals surface area contributed by atoms with Crippen molar-refractivity contribution in [3.63, 3.8) is 0 Å². The minimum atomic E-state index is -3.78. The van der Waals surface area contributed by atoms with E-state index in [1.54, 1.807) is 49.4 Å². The Morgan fingerprint density at radius 2 is 1.63 bits per heavy atom. The van der Waals surface area contributed by atoms with Crippen molar-refractivity contribution in [2.24, 2.45) is 0 Å². The quantitative estimate of drug-likeness (QED) is 0.667. The summed E-state index contributed by atoms with van der Waals surface area (Å²) < 4.78 is 26.8. The number of benzene rings is 2. The molecule has 0 saturated carbocycles. The summed E-state index contributed by atoms with van der Waals surface area (Å²) in [6.07, 6.45) is 1.87. The number of sulfonamides is 1. The average molecular weight is 429 g/mol. The van der Waals surface area contributed by atoms with Gasteiger partial charge in [0, 0.05) is 6.54 Å². The van der Waals surface area contributed by atoms with Gasteiger partial charge in [-0.15, -0.1) is 0 Å². The van der Waals surface area contributed by atoms with Gasteiger partial charge in [-0.25, -0.2) is 8.42 Å². The number of rotatable bonds is 8. The number of anilines is 1. The van der Waals surface area contributed by atoms with Crippen molar-refractivity contribution in [2.45, 2.75) is 31.6 Å². The Hall–Kier alpha value is -1.60. The summed E-state index contributed by atoms with van der Waals surface area (Å²) in [5.74, 6) is -0.516. The molecule has 2 aromatic carbocycles. The maximum Gasteiger partial charge on any atom is 0.243 e. The summed E-state index contributed by atoms with van der Waals surface area (Å²) in [5, 5.41) is 3.15. The molecule has 0 fully saturated rings. The lowest BCUT2D eigenvalue weighted by Crippen LogP contribution is -2.37. The topological polar surface area (TPSA) is 66.5 Å². The second-order valence-corrected chi connectivity index (χ2v) is 8.72. The third-order valence-corrected chi connectivity index (χ3v) is 6.56. The highest BCUT2D eigenvalue weighted by atomic mass is 35.5. The van der Waals surface area contributed by atoms with Crippen molar-refractivity contribution < 1.29 is 13.2 Å². The van der Waals surface area contributed by atoms with Gasteiger partial charge in [0.1, 0.15) is 0 Å². The molecule has 8 heteroatoms. The molecule has 0 bridgehead atoms. The highest BCUT2D eigenvalue weighted by Gasteiger charge is 2.25. The van der Waals surface area contributed by atoms with E-state index in [0.717, 1.165) is 22.7 Å². The van der Waals surface area contributed by atoms with Crippen LogP contribution in [0.15, 0.2) is 47.4 Å². The van der Waals surface area contributed by atoms with Crippen LogP contribution in [0, 0.1) is 0 Å². The van der Waals surface area contributed by atoms with E-state index in [1.807, 2.05) is 0 Å². The molecule has 0 aliphatic rings. The van der Waals surface area contributed by atoms with Crippen LogP contribution < -0.4 is 5.32 Å². The highest BCUT2D eigenvalue weighted by Crippen LogP contribution is 2.29. The summed E-state index contributed by atoms with van der Waals surface area (Å²) in [6.45, 7) is 3.56. The van der Waals surface area contributed by atoms with Crippen molar-refractivity contribution in [3.05, 3.63) is 58.1 Å². The van der Waals surface area contributed by atoms with Crippen LogP contribution in [0.5, 0.6) is 0 Å². The average Bonchev–Trinajstić information content (AvgIpc) is 2.63. The van der Waals surface area contributed by atoms with Crippen LogP contribution in [0.2, 0.25) is 10.0 Å². The number of nitrogens with zero attached hydrogens (tertiary/aromatic N) is 1. The molecule has 1 N–H and O–H groups in total. The first-order valence-corrected chi connectivity index (χ1v) is 10.8. The van der Waals surface area contributed by atoms with Crippen LogP contribution in [-0.2, 0) is 21.2 Å². The number of halogens is 2. The number of carbonyl (C=O) groups excluding carboxylic acids is 1. The molecular formula is C19H22Cl2N2O3S. The Morgan fingerprint density at radius 3 is 2.15 bits per heavy atom. The molecule has 5 nitrogen and oxygen atoms in total. The van der Waals surface area contributed by atoms with E-state index in [4.69, 9.17) is 23.2 Å². The predicted octanol–water partition coefficient (Wildman–Crippen LogP) is 4.60. The number of carbonyl (C=O) groups is 1. The molecule has 0 aliphatic heterocycles. The third kappa shape index (κ3) is 5.45. The van der Waals surface area contributed by atoms with Gasteiger partial charge in [0.25, 0.3) is 0 Å². The van der Waals surface area contributed by atoms with E-state index in [0.29, 0.717) is 0 Å². The van der Waals surface area contributed by atoms with Crippen LogP contribution in [0.25, 0.3) is 0 Å². The number of hydrogen-bond acceptors (Lipinski definition) is 3. The van der Waals surface area contributed by atoms with Crippen LogP contribution in [-0.4, -0.2) is 31.7 Å². The maximum absolute atomic E-state index is 12.8. The van der Waals surface area contributed by atoms with E-state index < -0.39 is 15.9 Å². The summed E-state index contributed by atoms with van der Waals surface area (Å²) in [6, 6.07) is 11.6. The number of aryl methyl sites for hydroxylation is 1. The van der Waals surface area contributed by atoms with Crippen LogP contribution in [0.4, 0.5) is 5.69 Å². The summed E-state index contributed by atoms with van der Waals surface area (Å²) in [5.41, 5.74) is 1.34. The first-order chi connectivity index (χ1) is 12.8. The molecule has 0 spiro atoms. The first-order valence-electron chi connectivity index (χ1n) is 8.62. The van der Waals surface area contributed by atoms with Crippen molar-refractivity contribution in [1.82, 2.24) is 4.31 Å². The lowest BCUT2D eigenvalue weighted by atomic mass is 10.1. The van der Waals surface area contributed by atoms with Gasteiger partial charge in [-0.3, -0.25) is 4.79 Å². The molecular weight excluding hydrogens is 407 g/mol. The fourth-order valence-corrected chi connectivity index (χ4v) is 4.49. The van der Waals surface area contributed by atoms with Crippen molar-refractivity contribution in [2.75, 3.05) is 18.4 Å². The predicted molar refractivity (Wildman–Crippen MR) is 110 cm³/mol. The fraction of sp³-hybridized carbons (Fsp3) is 0.316. The van der Waals surface area contributed by atoms with Gasteiger partial charge in [-0.05, 0) is 36.2 Å². The van der Waals surface area contributed by atoms with Gasteiger partial charge < -0.3 is 5.32 Å². The van der Waals surface area contributed by atoms with Gasteiger partial charge in [-0.1, -0.05) is 61.7 Å². The molecule has 0 radical (unpaired) electrons. The van der Waals surface area contributed by atoms with Crippen LogP contribution in [0.1, 0.15) is 25.8 Å². The zero-order valence-electron chi connectivity index (χ0n) is 15.2. The number of amides is 1. The molecule has 27 heavy (non-hydrogen) atoms. The third-order valence-electron chi connectivity index (χ3n) is 4.00. The van der Waals surface area contributed by atoms with Gasteiger partial charge >= 0.3 is 0 Å². The second kappa shape index (κ2) is 9.55. The van der Waals surface area contributed by atoms with E-state index in [1.165, 1.54) is 0 Å². The van der Waals surface area contributed by atoms with Gasteiger partial charge in [0.2, 0.25) is 15.9 Å². The minimum Gasteiger partial charge on any atom is -0.322 e. The molecule has 1 amide bonds. The van der Waals surface area contributed by atoms with Gasteiger partial charge in [-0.2, -0.15) is 4.31 Å². The Balaban J connectivity index is 2.16. The van der Waals surface area contributed by atoms with Crippen molar-refractivity contribution in [3.8, 4) is 0 Å². The lowest BCUT2D eigenvalue weighted by Gasteiger charge is -2.20. The Kier molecular flexibility index (Phi) is 7.68. The summed E-state index contributed by atoms with van der Waals surface area (Å²) in [4.78, 5) is 12.5. The Bertz CT molecular complexity index is 879. The van der Waals surface area contributed by atoms with Crippen LogP contribution in [0.3, 0.4) is 0 Å². The zero-order chi connectivity index (χ0) is 20.0. The Morgan fingerprint density at radius 1 is 1.04 bits per heavy atom. The number of likely N-dealkylation sites (N-methyl/N-ethyl adjacent to an activating group) is 1. The van der Waals surface area contributed by atoms with Crippen LogP contribution >= 0.6 is 23.2 Å². The smallest absolute Gasteiger partial charge is 0.243 e. The highest BCUT2D eigenvalue weighted by molar-refractivity contribution is 7.89. The minimum absolute atomic E-state index is 0.155. The van der Waals surface area contributed by atoms with Gasteiger partial charge in [0.05, 0.1) is 27.2 Å². The van der Waals surface area contributed by atoms with Gasteiger partial charge in [0.15, 0.2) is 0 Å². The normalized spacial score (nSPS) is 11.6. The van der Waals surface area contributed by atoms with Crippen molar-refractivity contribution in [1.29, 1.82) is 0 Å². The second-order valence-electron chi connectivity index (χ2n) is 5.97. The van der Waals surface area contributed by atoms with E-state index in [9.17, 15) is 13.2 Å². The first kappa shape index (κ1) is 21.7. The van der Waals surface area contributed by atoms with E-state index in [-0.39, 0.29) is 33.7 Å². The Labute approximate surface area is 170 Å². The van der Waals surface area contributed by atoms with Crippen molar-refractivity contribution >= 4 is 44.8 Å². The number of nitrogens with one attached hydrogen (secondary N) is 1.